The fourth-order valence-corrected chi connectivity index (χ4v) is 5.43. The maximum absolute atomic E-state index is 12.7. The van der Waals surface area contributed by atoms with E-state index in [2.05, 4.69) is 22.3 Å². The van der Waals surface area contributed by atoms with Crippen molar-refractivity contribution in [3.8, 4) is 0 Å². The fourth-order valence-electron chi connectivity index (χ4n) is 4.16. The highest BCUT2D eigenvalue weighted by Crippen LogP contribution is 2.39. The smallest absolute Gasteiger partial charge is 0.341 e. The van der Waals surface area contributed by atoms with Crippen molar-refractivity contribution in [2.24, 2.45) is 0 Å². The molecule has 0 radical (unpaired) electrons. The van der Waals surface area contributed by atoms with Gasteiger partial charge in [-0.15, -0.1) is 11.3 Å². The summed E-state index contributed by atoms with van der Waals surface area (Å²) in [5.41, 5.74) is 2.62. The number of hydrogen-bond donors (Lipinski definition) is 1. The lowest BCUT2D eigenvalue weighted by molar-refractivity contribution is -0.144. The molecule has 0 bridgehead atoms. The van der Waals surface area contributed by atoms with Crippen molar-refractivity contribution in [3.63, 3.8) is 0 Å². The molecule has 0 saturated carbocycles. The van der Waals surface area contributed by atoms with Crippen LogP contribution >= 0.6 is 11.3 Å². The summed E-state index contributed by atoms with van der Waals surface area (Å²) in [6, 6.07) is 10.2. The first kappa shape index (κ1) is 21.5. The number of anilines is 1. The normalized spacial score (nSPS) is 16.1. The van der Waals surface area contributed by atoms with Gasteiger partial charge < -0.3 is 15.0 Å². The summed E-state index contributed by atoms with van der Waals surface area (Å²) >= 11 is 1.39. The van der Waals surface area contributed by atoms with Crippen LogP contribution in [0.5, 0.6) is 0 Å². The monoisotopic (exact) mass is 441 g/mol. The predicted molar refractivity (Wildman–Crippen MR) is 119 cm³/mol. The van der Waals surface area contributed by atoms with Gasteiger partial charge in [0.2, 0.25) is 0 Å². The number of rotatable bonds is 5. The van der Waals surface area contributed by atoms with Crippen LogP contribution in [-0.2, 0) is 33.7 Å². The summed E-state index contributed by atoms with van der Waals surface area (Å²) in [6.07, 6.45) is 2.68. The number of fused-ring (bicyclic) bond motifs is 1. The summed E-state index contributed by atoms with van der Waals surface area (Å²) in [6.45, 7) is 5.30. The van der Waals surface area contributed by atoms with Gasteiger partial charge in [0.25, 0.3) is 0 Å². The molecule has 31 heavy (non-hydrogen) atoms. The average Bonchev–Trinajstić information content (AvgIpc) is 3.35. The van der Waals surface area contributed by atoms with Gasteiger partial charge in [0.05, 0.1) is 12.2 Å². The molecule has 8 heteroatoms. The van der Waals surface area contributed by atoms with Crippen molar-refractivity contribution in [1.82, 2.24) is 9.80 Å². The van der Waals surface area contributed by atoms with Crippen LogP contribution in [0.25, 0.3) is 0 Å². The van der Waals surface area contributed by atoms with E-state index in [1.807, 2.05) is 18.2 Å². The molecule has 2 aromatic rings. The van der Waals surface area contributed by atoms with Crippen LogP contribution in [0.2, 0.25) is 0 Å². The molecule has 1 aliphatic heterocycles. The molecule has 1 fully saturated rings. The van der Waals surface area contributed by atoms with Crippen molar-refractivity contribution in [2.75, 3.05) is 38.1 Å². The third kappa shape index (κ3) is 4.80. The van der Waals surface area contributed by atoms with Crippen LogP contribution in [0.3, 0.4) is 0 Å². The molecule has 1 saturated heterocycles. The fraction of sp³-hybridized carbons (Fsp3) is 0.435. The second-order valence-corrected chi connectivity index (χ2v) is 8.90. The summed E-state index contributed by atoms with van der Waals surface area (Å²) in [7, 11) is 0. The Labute approximate surface area is 186 Å². The Hall–Kier alpha value is -2.71. The van der Waals surface area contributed by atoms with Crippen molar-refractivity contribution in [3.05, 3.63) is 51.9 Å². The third-order valence-corrected chi connectivity index (χ3v) is 6.94. The Kier molecular flexibility index (Phi) is 6.67. The zero-order chi connectivity index (χ0) is 21.8. The second-order valence-electron chi connectivity index (χ2n) is 7.79. The van der Waals surface area contributed by atoms with Crippen LogP contribution < -0.4 is 5.32 Å². The van der Waals surface area contributed by atoms with Gasteiger partial charge in [0.1, 0.15) is 5.00 Å². The molecular weight excluding hydrogens is 414 g/mol. The molecule has 1 aromatic carbocycles. The molecule has 0 spiro atoms. The number of amides is 2. The molecule has 0 unspecified atom stereocenters. The van der Waals surface area contributed by atoms with Gasteiger partial charge in [-0.05, 0) is 37.3 Å². The van der Waals surface area contributed by atoms with E-state index in [9.17, 15) is 14.4 Å². The number of thiophene rings is 1. The first-order chi connectivity index (χ1) is 15.1. The van der Waals surface area contributed by atoms with Crippen molar-refractivity contribution < 1.29 is 19.1 Å². The number of ether oxygens (including phenoxy) is 1. The highest BCUT2D eigenvalue weighted by Gasteiger charge is 2.31. The lowest BCUT2D eigenvalue weighted by Gasteiger charge is -2.34. The number of benzene rings is 1. The topological polar surface area (TPSA) is 78.9 Å². The standard InChI is InChI=1S/C23H27N3O4S/c1-2-30-23(29)19-17-9-6-10-18(17)31-21(19)24-20(27)22(28)26-13-11-25(12-14-26)15-16-7-4-3-5-8-16/h3-5,7-8H,2,6,9-15H2,1H3,(H,24,27). The zero-order valence-corrected chi connectivity index (χ0v) is 18.5. The molecule has 1 aliphatic carbocycles. The number of aryl methyl sites for hydroxylation is 1. The van der Waals surface area contributed by atoms with E-state index in [1.54, 1.807) is 11.8 Å². The van der Waals surface area contributed by atoms with Crippen molar-refractivity contribution >= 4 is 34.1 Å². The lowest BCUT2D eigenvalue weighted by atomic mass is 10.1. The Morgan fingerprint density at radius 2 is 1.81 bits per heavy atom. The number of carbonyl (C=O) groups is 3. The number of hydrogen-bond acceptors (Lipinski definition) is 6. The lowest BCUT2D eigenvalue weighted by Crippen LogP contribution is -2.51. The number of nitrogens with one attached hydrogen (secondary N) is 1. The highest BCUT2D eigenvalue weighted by atomic mass is 32.1. The predicted octanol–water partition coefficient (Wildman–Crippen LogP) is 2.70. The summed E-state index contributed by atoms with van der Waals surface area (Å²) in [4.78, 5) is 42.8. The van der Waals surface area contributed by atoms with Crippen LogP contribution in [0, 0.1) is 0 Å². The maximum atomic E-state index is 12.7. The van der Waals surface area contributed by atoms with Crippen LogP contribution in [0.15, 0.2) is 30.3 Å². The Morgan fingerprint density at radius 1 is 1.06 bits per heavy atom. The number of piperazine rings is 1. The van der Waals surface area contributed by atoms with Gasteiger partial charge in [-0.25, -0.2) is 4.79 Å². The van der Waals surface area contributed by atoms with Gasteiger partial charge in [-0.2, -0.15) is 0 Å². The van der Waals surface area contributed by atoms with E-state index >= 15 is 0 Å². The Bertz CT molecular complexity index is 965. The molecular formula is C23H27N3O4S. The highest BCUT2D eigenvalue weighted by molar-refractivity contribution is 7.17. The number of esters is 1. The van der Waals surface area contributed by atoms with Gasteiger partial charge in [-0.3, -0.25) is 14.5 Å². The van der Waals surface area contributed by atoms with Crippen LogP contribution in [-0.4, -0.2) is 60.4 Å². The van der Waals surface area contributed by atoms with Crippen LogP contribution in [0.1, 0.15) is 39.7 Å². The van der Waals surface area contributed by atoms with Gasteiger partial charge in [0, 0.05) is 37.6 Å². The van der Waals surface area contributed by atoms with Crippen molar-refractivity contribution in [1.29, 1.82) is 0 Å². The number of carbonyl (C=O) groups excluding carboxylic acids is 3. The molecule has 7 nitrogen and oxygen atoms in total. The van der Waals surface area contributed by atoms with Gasteiger partial charge in [0.15, 0.2) is 0 Å². The second kappa shape index (κ2) is 9.62. The van der Waals surface area contributed by atoms with E-state index in [1.165, 1.54) is 16.9 Å². The minimum Gasteiger partial charge on any atom is -0.462 e. The summed E-state index contributed by atoms with van der Waals surface area (Å²) in [5, 5.41) is 3.14. The molecule has 164 valence electrons. The Balaban J connectivity index is 1.36. The van der Waals surface area contributed by atoms with E-state index in [0.717, 1.165) is 49.3 Å². The minimum atomic E-state index is -0.693. The molecule has 4 rings (SSSR count). The summed E-state index contributed by atoms with van der Waals surface area (Å²) in [5.74, 6) is -1.68. The van der Waals surface area contributed by atoms with Crippen molar-refractivity contribution in [2.45, 2.75) is 32.7 Å². The SMILES string of the molecule is CCOC(=O)c1c(NC(=O)C(=O)N2CCN(Cc3ccccc3)CC2)sc2c1CCC2. The van der Waals surface area contributed by atoms with Crippen LogP contribution in [0.4, 0.5) is 5.00 Å². The molecule has 2 amide bonds. The first-order valence-electron chi connectivity index (χ1n) is 10.7. The quantitative estimate of drug-likeness (QED) is 0.570. The molecule has 0 atom stereocenters. The minimum absolute atomic E-state index is 0.267. The van der Waals surface area contributed by atoms with E-state index < -0.39 is 17.8 Å². The largest absolute Gasteiger partial charge is 0.462 e. The van der Waals surface area contributed by atoms with E-state index in [0.29, 0.717) is 23.7 Å². The zero-order valence-electron chi connectivity index (χ0n) is 17.7. The molecule has 2 heterocycles. The van der Waals surface area contributed by atoms with E-state index in [-0.39, 0.29) is 6.61 Å². The molecule has 1 aromatic heterocycles. The summed E-state index contributed by atoms with van der Waals surface area (Å²) < 4.78 is 5.19. The average molecular weight is 442 g/mol. The third-order valence-electron chi connectivity index (χ3n) is 5.73. The first-order valence-corrected chi connectivity index (χ1v) is 11.6. The Morgan fingerprint density at radius 3 is 2.52 bits per heavy atom. The molecule has 1 N–H and O–H groups in total. The van der Waals surface area contributed by atoms with Gasteiger partial charge >= 0.3 is 17.8 Å². The number of nitrogens with zero attached hydrogens (tertiary/aromatic N) is 2. The van der Waals surface area contributed by atoms with E-state index in [4.69, 9.17) is 4.74 Å². The van der Waals surface area contributed by atoms with Gasteiger partial charge in [-0.1, -0.05) is 30.3 Å². The maximum Gasteiger partial charge on any atom is 0.341 e. The molecule has 2 aliphatic rings.